The molecule has 0 bridgehead atoms. The molecule has 1 aliphatic rings. The van der Waals surface area contributed by atoms with Gasteiger partial charge in [0.1, 0.15) is 17.9 Å². The number of hydrogen-bond donors (Lipinski definition) is 1. The monoisotopic (exact) mass is 232 g/mol. The molecule has 0 saturated carbocycles. The van der Waals surface area contributed by atoms with Crippen molar-refractivity contribution in [1.29, 1.82) is 0 Å². The Morgan fingerprint density at radius 2 is 2.29 bits per heavy atom. The van der Waals surface area contributed by atoms with Crippen molar-refractivity contribution in [2.24, 2.45) is 0 Å². The van der Waals surface area contributed by atoms with Gasteiger partial charge in [0.25, 0.3) is 0 Å². The van der Waals surface area contributed by atoms with Gasteiger partial charge in [-0.3, -0.25) is 0 Å². The van der Waals surface area contributed by atoms with E-state index >= 15 is 0 Å². The second kappa shape index (κ2) is 4.71. The highest BCUT2D eigenvalue weighted by Gasteiger charge is 2.20. The molecule has 0 spiro atoms. The molecular weight excluding hydrogens is 216 g/mol. The number of rotatable bonds is 3. The van der Waals surface area contributed by atoms with E-state index in [0.29, 0.717) is 5.92 Å². The van der Waals surface area contributed by atoms with Crippen LogP contribution in [0.5, 0.6) is 0 Å². The molecule has 1 aliphatic heterocycles. The van der Waals surface area contributed by atoms with Crippen LogP contribution in [0.25, 0.3) is 0 Å². The Morgan fingerprint density at radius 3 is 3.06 bits per heavy atom. The highest BCUT2D eigenvalue weighted by Crippen LogP contribution is 2.23. The van der Waals surface area contributed by atoms with Gasteiger partial charge in [-0.1, -0.05) is 0 Å². The minimum absolute atomic E-state index is 0.522. The number of nitrogens with zero attached hydrogens (tertiary/aromatic N) is 3. The van der Waals surface area contributed by atoms with Crippen molar-refractivity contribution >= 4 is 0 Å². The van der Waals surface area contributed by atoms with Crippen molar-refractivity contribution in [2.75, 3.05) is 13.1 Å². The Morgan fingerprint density at radius 1 is 1.41 bits per heavy atom. The molecule has 0 aromatic carbocycles. The summed E-state index contributed by atoms with van der Waals surface area (Å²) in [7, 11) is 0. The average molecular weight is 232 g/mol. The highest BCUT2D eigenvalue weighted by atomic mass is 16.3. The van der Waals surface area contributed by atoms with E-state index in [0.717, 1.165) is 44.1 Å². The molecule has 5 nitrogen and oxygen atoms in total. The fourth-order valence-electron chi connectivity index (χ4n) is 2.35. The van der Waals surface area contributed by atoms with Gasteiger partial charge in [0.05, 0.1) is 12.8 Å². The molecule has 0 aliphatic carbocycles. The summed E-state index contributed by atoms with van der Waals surface area (Å²) >= 11 is 0. The fourth-order valence-corrected chi connectivity index (χ4v) is 2.35. The van der Waals surface area contributed by atoms with Crippen LogP contribution in [0.4, 0.5) is 0 Å². The number of hydrogen-bond acceptors (Lipinski definition) is 4. The molecule has 0 amide bonds. The smallest absolute Gasteiger partial charge is 0.136 e. The van der Waals surface area contributed by atoms with Crippen LogP contribution in [0.15, 0.2) is 29.1 Å². The first-order valence-electron chi connectivity index (χ1n) is 6.04. The van der Waals surface area contributed by atoms with Gasteiger partial charge in [-0.2, -0.15) is 0 Å². The third-order valence-electron chi connectivity index (χ3n) is 3.26. The van der Waals surface area contributed by atoms with Gasteiger partial charge in [0.15, 0.2) is 0 Å². The minimum Gasteiger partial charge on any atom is -0.467 e. The summed E-state index contributed by atoms with van der Waals surface area (Å²) in [5.74, 6) is 2.55. The second-order valence-electron chi connectivity index (χ2n) is 4.42. The van der Waals surface area contributed by atoms with Crippen molar-refractivity contribution in [2.45, 2.75) is 25.3 Å². The van der Waals surface area contributed by atoms with Gasteiger partial charge in [0, 0.05) is 5.92 Å². The quantitative estimate of drug-likeness (QED) is 0.868. The third-order valence-corrected chi connectivity index (χ3v) is 3.26. The maximum atomic E-state index is 5.36. The topological polar surface area (TPSA) is 55.9 Å². The summed E-state index contributed by atoms with van der Waals surface area (Å²) in [5.41, 5.74) is 0. The molecule has 2 aromatic rings. The number of furan rings is 1. The zero-order chi connectivity index (χ0) is 11.5. The average Bonchev–Trinajstić information content (AvgIpc) is 3.02. The number of aromatic nitrogens is 3. The van der Waals surface area contributed by atoms with Crippen LogP contribution >= 0.6 is 0 Å². The van der Waals surface area contributed by atoms with E-state index in [-0.39, 0.29) is 0 Å². The van der Waals surface area contributed by atoms with Crippen LogP contribution in [0.3, 0.4) is 0 Å². The van der Waals surface area contributed by atoms with Crippen LogP contribution < -0.4 is 5.32 Å². The number of piperidine rings is 1. The normalized spacial score (nSPS) is 17.4. The van der Waals surface area contributed by atoms with Crippen molar-refractivity contribution in [1.82, 2.24) is 20.1 Å². The maximum Gasteiger partial charge on any atom is 0.136 e. The molecule has 2 aromatic heterocycles. The molecule has 1 fully saturated rings. The third kappa shape index (κ3) is 2.24. The summed E-state index contributed by atoms with van der Waals surface area (Å²) in [6, 6.07) is 3.89. The van der Waals surface area contributed by atoms with Gasteiger partial charge >= 0.3 is 0 Å². The number of nitrogens with one attached hydrogen (secondary N) is 1. The van der Waals surface area contributed by atoms with Crippen molar-refractivity contribution in [3.63, 3.8) is 0 Å². The second-order valence-corrected chi connectivity index (χ2v) is 4.42. The van der Waals surface area contributed by atoms with E-state index in [1.165, 1.54) is 0 Å². The molecule has 3 heterocycles. The van der Waals surface area contributed by atoms with Crippen LogP contribution in [0.2, 0.25) is 0 Å². The molecule has 1 saturated heterocycles. The van der Waals surface area contributed by atoms with Gasteiger partial charge in [0.2, 0.25) is 0 Å². The summed E-state index contributed by atoms with van der Waals surface area (Å²) < 4.78 is 7.45. The van der Waals surface area contributed by atoms with Gasteiger partial charge in [-0.25, -0.2) is 0 Å². The van der Waals surface area contributed by atoms with Crippen LogP contribution in [0.1, 0.15) is 30.3 Å². The zero-order valence-corrected chi connectivity index (χ0v) is 9.67. The van der Waals surface area contributed by atoms with Gasteiger partial charge in [-0.15, -0.1) is 10.2 Å². The zero-order valence-electron chi connectivity index (χ0n) is 9.67. The molecule has 3 rings (SSSR count). The van der Waals surface area contributed by atoms with E-state index in [4.69, 9.17) is 4.42 Å². The lowest BCUT2D eigenvalue weighted by molar-refractivity contribution is 0.424. The Labute approximate surface area is 99.8 Å². The summed E-state index contributed by atoms with van der Waals surface area (Å²) in [6.07, 6.45) is 5.76. The molecule has 0 unspecified atom stereocenters. The first-order valence-corrected chi connectivity index (χ1v) is 6.04. The van der Waals surface area contributed by atoms with E-state index in [1.54, 1.807) is 12.6 Å². The van der Waals surface area contributed by atoms with E-state index in [1.807, 2.05) is 12.1 Å². The largest absolute Gasteiger partial charge is 0.467 e. The van der Waals surface area contributed by atoms with Crippen molar-refractivity contribution in [3.05, 3.63) is 36.3 Å². The Bertz CT molecular complexity index is 457. The predicted octanol–water partition coefficient (Wildman–Crippen LogP) is 1.39. The van der Waals surface area contributed by atoms with Crippen molar-refractivity contribution < 1.29 is 4.42 Å². The SMILES string of the molecule is c1coc(Cn2cnnc2C2CCNCC2)c1. The Balaban J connectivity index is 1.78. The van der Waals surface area contributed by atoms with E-state index < -0.39 is 0 Å². The standard InChI is InChI=1S/C12H16N4O/c1-2-11(17-7-1)8-16-9-14-15-12(16)10-3-5-13-6-4-10/h1-2,7,9-10,13H,3-6,8H2. The summed E-state index contributed by atoms with van der Waals surface area (Å²) in [4.78, 5) is 0. The van der Waals surface area contributed by atoms with Crippen LogP contribution in [0, 0.1) is 0 Å². The molecular formula is C12H16N4O. The summed E-state index contributed by atoms with van der Waals surface area (Å²) in [6.45, 7) is 2.86. The highest BCUT2D eigenvalue weighted by molar-refractivity contribution is 5.04. The molecule has 1 N–H and O–H groups in total. The summed E-state index contributed by atoms with van der Waals surface area (Å²) in [5, 5.41) is 11.7. The first kappa shape index (κ1) is 10.5. The molecule has 90 valence electrons. The predicted molar refractivity (Wildman–Crippen MR) is 62.7 cm³/mol. The molecule has 17 heavy (non-hydrogen) atoms. The lowest BCUT2D eigenvalue weighted by Crippen LogP contribution is -2.28. The minimum atomic E-state index is 0.522. The maximum absolute atomic E-state index is 5.36. The Hall–Kier alpha value is -1.62. The molecule has 5 heteroatoms. The lowest BCUT2D eigenvalue weighted by Gasteiger charge is -2.22. The van der Waals surface area contributed by atoms with E-state index in [2.05, 4.69) is 20.1 Å². The molecule has 0 atom stereocenters. The molecule has 0 radical (unpaired) electrons. The van der Waals surface area contributed by atoms with Crippen LogP contribution in [-0.4, -0.2) is 27.9 Å². The van der Waals surface area contributed by atoms with Gasteiger partial charge < -0.3 is 14.3 Å². The van der Waals surface area contributed by atoms with Crippen LogP contribution in [-0.2, 0) is 6.54 Å². The van der Waals surface area contributed by atoms with Gasteiger partial charge in [-0.05, 0) is 38.1 Å². The fraction of sp³-hybridized carbons (Fsp3) is 0.500. The Kier molecular flexibility index (Phi) is 2.92. The van der Waals surface area contributed by atoms with E-state index in [9.17, 15) is 0 Å². The lowest BCUT2D eigenvalue weighted by atomic mass is 9.97. The first-order chi connectivity index (χ1) is 8.43. The van der Waals surface area contributed by atoms with Crippen molar-refractivity contribution in [3.8, 4) is 0 Å².